The van der Waals surface area contributed by atoms with E-state index >= 15 is 0 Å². The van der Waals surface area contributed by atoms with Crippen LogP contribution in [0, 0.1) is 11.7 Å². The first-order valence-electron chi connectivity index (χ1n) is 12.5. The molecule has 0 bridgehead atoms. The first kappa shape index (κ1) is 24.0. The number of piperidine rings is 1. The Morgan fingerprint density at radius 2 is 1.81 bits per heavy atom. The molecule has 3 atom stereocenters. The summed E-state index contributed by atoms with van der Waals surface area (Å²) in [5, 5.41) is 9.20. The van der Waals surface area contributed by atoms with Crippen molar-refractivity contribution >= 4 is 28.9 Å². The van der Waals surface area contributed by atoms with Gasteiger partial charge in [-0.15, -0.1) is 0 Å². The molecule has 36 heavy (non-hydrogen) atoms. The van der Waals surface area contributed by atoms with Crippen molar-refractivity contribution in [2.45, 2.75) is 31.7 Å². The van der Waals surface area contributed by atoms with Gasteiger partial charge in [0.15, 0.2) is 0 Å². The first-order valence-corrected chi connectivity index (χ1v) is 12.5. The van der Waals surface area contributed by atoms with E-state index < -0.39 is 17.3 Å². The van der Waals surface area contributed by atoms with Gasteiger partial charge in [0.2, 0.25) is 11.8 Å². The second-order valence-electron chi connectivity index (χ2n) is 9.65. The minimum atomic E-state index is -1.09. The predicted octanol–water partition coefficient (Wildman–Crippen LogP) is 5.17. The number of carbonyl (C=O) groups is 2. The summed E-state index contributed by atoms with van der Waals surface area (Å²) in [5.74, 6) is -1.08. The van der Waals surface area contributed by atoms with Crippen molar-refractivity contribution in [3.05, 3.63) is 89.7 Å². The van der Waals surface area contributed by atoms with Crippen molar-refractivity contribution in [1.29, 1.82) is 0 Å². The van der Waals surface area contributed by atoms with Crippen molar-refractivity contribution < 1.29 is 14.0 Å². The number of nitrogens with one attached hydrogen (secondary N) is 3. The van der Waals surface area contributed by atoms with Gasteiger partial charge in [0.05, 0.1) is 17.3 Å². The highest BCUT2D eigenvalue weighted by molar-refractivity contribution is 6.08. The average Bonchev–Trinajstić information content (AvgIpc) is 3.16. The topological polar surface area (TPSA) is 73.5 Å². The van der Waals surface area contributed by atoms with Gasteiger partial charge in [-0.1, -0.05) is 48.5 Å². The van der Waals surface area contributed by atoms with Gasteiger partial charge in [-0.3, -0.25) is 14.5 Å². The predicted molar refractivity (Wildman–Crippen MR) is 140 cm³/mol. The van der Waals surface area contributed by atoms with E-state index in [0.717, 1.165) is 11.3 Å². The largest absolute Gasteiger partial charge is 0.384 e. The number of halogens is 1. The van der Waals surface area contributed by atoms with Crippen LogP contribution in [0.2, 0.25) is 0 Å². The number of benzene rings is 3. The quantitative estimate of drug-likeness (QED) is 0.450. The van der Waals surface area contributed by atoms with Crippen LogP contribution in [0.3, 0.4) is 0 Å². The van der Waals surface area contributed by atoms with E-state index in [9.17, 15) is 14.0 Å². The maximum absolute atomic E-state index is 14.7. The van der Waals surface area contributed by atoms with Crippen LogP contribution in [0.4, 0.5) is 21.5 Å². The number of hydrogen-bond donors (Lipinski definition) is 3. The molecule has 2 amide bonds. The second kappa shape index (κ2) is 9.74. The molecule has 5 rings (SSSR count). The fourth-order valence-electron chi connectivity index (χ4n) is 5.61. The molecule has 1 saturated heterocycles. The number of para-hydroxylation sites is 1. The zero-order valence-corrected chi connectivity index (χ0v) is 20.6. The van der Waals surface area contributed by atoms with Crippen LogP contribution in [0.25, 0.3) is 0 Å². The van der Waals surface area contributed by atoms with Crippen molar-refractivity contribution in [2.24, 2.45) is 5.92 Å². The van der Waals surface area contributed by atoms with E-state index in [2.05, 4.69) is 28.1 Å². The second-order valence-corrected chi connectivity index (χ2v) is 9.65. The first-order chi connectivity index (χ1) is 17.4. The Kier molecular flexibility index (Phi) is 6.49. The van der Waals surface area contributed by atoms with E-state index in [0.29, 0.717) is 43.0 Å². The SMILES string of the molecule is CCNc1cc(F)cc2c1NC(=O)[C@]2(C)N1CC[C@@H](c2ccccc2)[C@@H](C(=O)Nc2ccccc2)C1. The number of amides is 2. The van der Waals surface area contributed by atoms with Crippen molar-refractivity contribution in [3.8, 4) is 0 Å². The maximum Gasteiger partial charge on any atom is 0.249 e. The number of rotatable bonds is 6. The molecule has 0 unspecified atom stereocenters. The number of hydrogen-bond acceptors (Lipinski definition) is 4. The molecule has 3 aromatic carbocycles. The Balaban J connectivity index is 1.50. The summed E-state index contributed by atoms with van der Waals surface area (Å²) in [7, 11) is 0. The molecule has 7 heteroatoms. The van der Waals surface area contributed by atoms with Gasteiger partial charge in [-0.05, 0) is 56.0 Å². The van der Waals surface area contributed by atoms with E-state index in [4.69, 9.17) is 0 Å². The fourth-order valence-corrected chi connectivity index (χ4v) is 5.61. The molecule has 0 aliphatic carbocycles. The molecule has 3 N–H and O–H groups in total. The number of carbonyl (C=O) groups excluding carboxylic acids is 2. The molecule has 2 aliphatic heterocycles. The average molecular weight is 487 g/mol. The minimum absolute atomic E-state index is 0.00326. The molecule has 0 saturated carbocycles. The van der Waals surface area contributed by atoms with Gasteiger partial charge in [-0.25, -0.2) is 4.39 Å². The van der Waals surface area contributed by atoms with E-state index in [-0.39, 0.29) is 17.7 Å². The van der Waals surface area contributed by atoms with E-state index in [1.807, 2.05) is 67.3 Å². The third-order valence-corrected chi connectivity index (χ3v) is 7.53. The van der Waals surface area contributed by atoms with Crippen LogP contribution >= 0.6 is 0 Å². The van der Waals surface area contributed by atoms with Crippen molar-refractivity contribution in [2.75, 3.05) is 35.6 Å². The maximum atomic E-state index is 14.7. The Morgan fingerprint density at radius 1 is 1.11 bits per heavy atom. The van der Waals surface area contributed by atoms with Crippen molar-refractivity contribution in [1.82, 2.24) is 4.90 Å². The molecule has 0 aromatic heterocycles. The Hall–Kier alpha value is -3.71. The highest BCUT2D eigenvalue weighted by Gasteiger charge is 2.51. The standard InChI is InChI=1S/C29H31FN4O2/c1-3-31-25-17-20(30)16-24-26(25)33-28(36)29(24,2)34-15-14-22(19-10-6-4-7-11-19)23(18-34)27(35)32-21-12-8-5-9-13-21/h4-13,16-17,22-23,31H,3,14-15,18H2,1-2H3,(H,32,35)(H,33,36)/t22-,23-,29+/m0/s1. The zero-order chi connectivity index (χ0) is 25.3. The van der Waals surface area contributed by atoms with Crippen LogP contribution in [-0.4, -0.2) is 36.3 Å². The molecule has 0 radical (unpaired) electrons. The van der Waals surface area contributed by atoms with Gasteiger partial charge >= 0.3 is 0 Å². The lowest BCUT2D eigenvalue weighted by atomic mass is 9.77. The van der Waals surface area contributed by atoms with Gasteiger partial charge in [0.1, 0.15) is 11.4 Å². The zero-order valence-electron chi connectivity index (χ0n) is 20.6. The normalized spacial score (nSPS) is 23.6. The summed E-state index contributed by atoms with van der Waals surface area (Å²) in [6.07, 6.45) is 0.699. The number of fused-ring (bicyclic) bond motifs is 1. The van der Waals surface area contributed by atoms with E-state index in [1.54, 1.807) is 0 Å². The van der Waals surface area contributed by atoms with Crippen LogP contribution in [-0.2, 0) is 15.1 Å². The van der Waals surface area contributed by atoms with Gasteiger partial charge < -0.3 is 16.0 Å². The Bertz CT molecular complexity index is 1270. The highest BCUT2D eigenvalue weighted by Crippen LogP contribution is 2.47. The third-order valence-electron chi connectivity index (χ3n) is 7.53. The lowest BCUT2D eigenvalue weighted by Crippen LogP contribution is -2.55. The highest BCUT2D eigenvalue weighted by atomic mass is 19.1. The molecule has 3 aromatic rings. The molecule has 1 fully saturated rings. The lowest BCUT2D eigenvalue weighted by Gasteiger charge is -2.45. The summed E-state index contributed by atoms with van der Waals surface area (Å²) in [5.41, 5.74) is 2.53. The van der Waals surface area contributed by atoms with Crippen molar-refractivity contribution in [3.63, 3.8) is 0 Å². The summed E-state index contributed by atoms with van der Waals surface area (Å²) in [4.78, 5) is 29.1. The molecule has 6 nitrogen and oxygen atoms in total. The fraction of sp³-hybridized carbons (Fsp3) is 0.310. The number of nitrogens with zero attached hydrogens (tertiary/aromatic N) is 1. The molecule has 2 aliphatic rings. The lowest BCUT2D eigenvalue weighted by molar-refractivity contribution is -0.132. The third kappa shape index (κ3) is 4.24. The van der Waals surface area contributed by atoms with Crippen LogP contribution in [0.5, 0.6) is 0 Å². The molecule has 0 spiro atoms. The van der Waals surface area contributed by atoms with Gasteiger partial charge in [0, 0.05) is 30.9 Å². The molecular weight excluding hydrogens is 455 g/mol. The Morgan fingerprint density at radius 3 is 2.50 bits per heavy atom. The van der Waals surface area contributed by atoms with Gasteiger partial charge in [-0.2, -0.15) is 0 Å². The van der Waals surface area contributed by atoms with E-state index in [1.165, 1.54) is 12.1 Å². The molecule has 186 valence electrons. The van der Waals surface area contributed by atoms with Crippen LogP contribution in [0.1, 0.15) is 37.3 Å². The number of anilines is 3. The monoisotopic (exact) mass is 486 g/mol. The summed E-state index contributed by atoms with van der Waals surface area (Å²) in [6.45, 7) is 5.34. The summed E-state index contributed by atoms with van der Waals surface area (Å²) >= 11 is 0. The summed E-state index contributed by atoms with van der Waals surface area (Å²) in [6, 6.07) is 22.3. The minimum Gasteiger partial charge on any atom is -0.384 e. The molecular formula is C29H31FN4O2. The molecule has 2 heterocycles. The Labute approximate surface area is 210 Å². The summed E-state index contributed by atoms with van der Waals surface area (Å²) < 4.78 is 14.7. The van der Waals surface area contributed by atoms with Crippen LogP contribution < -0.4 is 16.0 Å². The number of likely N-dealkylation sites (tertiary alicyclic amines) is 1. The van der Waals surface area contributed by atoms with Gasteiger partial charge in [0.25, 0.3) is 0 Å². The van der Waals surface area contributed by atoms with Crippen LogP contribution in [0.15, 0.2) is 72.8 Å². The smallest absolute Gasteiger partial charge is 0.249 e.